The second-order valence-electron chi connectivity index (χ2n) is 6.71. The number of carbonyl (C=O) groups excluding carboxylic acids is 3. The third kappa shape index (κ3) is 3.89. The Morgan fingerprint density at radius 2 is 1.81 bits per heavy atom. The van der Waals surface area contributed by atoms with E-state index >= 15 is 0 Å². The molecule has 156 valence electrons. The molecule has 1 N–H and O–H groups in total. The zero-order valence-electron chi connectivity index (χ0n) is 16.1. The van der Waals surface area contributed by atoms with Gasteiger partial charge in [-0.25, -0.2) is 0 Å². The minimum atomic E-state index is -0.422. The van der Waals surface area contributed by atoms with Crippen molar-refractivity contribution in [2.24, 2.45) is 0 Å². The van der Waals surface area contributed by atoms with Crippen LogP contribution in [-0.4, -0.2) is 40.0 Å². The van der Waals surface area contributed by atoms with E-state index in [-0.39, 0.29) is 29.5 Å². The number of rotatable bonds is 5. The van der Waals surface area contributed by atoms with Gasteiger partial charge in [0, 0.05) is 12.1 Å². The number of hydrogen-bond acceptors (Lipinski definition) is 5. The van der Waals surface area contributed by atoms with Crippen molar-refractivity contribution in [1.82, 2.24) is 4.90 Å². The number of benzene rings is 2. The molecule has 1 saturated heterocycles. The molecule has 2 aromatic rings. The van der Waals surface area contributed by atoms with E-state index in [1.165, 1.54) is 9.80 Å². The number of halogens is 1. The van der Waals surface area contributed by atoms with Gasteiger partial charge in [-0.2, -0.15) is 0 Å². The Labute approximate surface area is 193 Å². The summed E-state index contributed by atoms with van der Waals surface area (Å²) in [6.07, 6.45) is 1.58. The van der Waals surface area contributed by atoms with E-state index in [1.807, 2.05) is 0 Å². The number of hydrogen-bond donors (Lipinski definition) is 1. The number of carbonyl (C=O) groups is 3. The lowest BCUT2D eigenvalue weighted by atomic mass is 10.1. The van der Waals surface area contributed by atoms with Gasteiger partial charge in [-0.3, -0.25) is 24.2 Å². The number of para-hydroxylation sites is 2. The normalized spacial score (nSPS) is 17.9. The van der Waals surface area contributed by atoms with Gasteiger partial charge in [0.05, 0.1) is 26.9 Å². The molecule has 0 aliphatic carbocycles. The van der Waals surface area contributed by atoms with Crippen LogP contribution in [0.3, 0.4) is 0 Å². The number of fused-ring (bicyclic) bond motifs is 1. The lowest BCUT2D eigenvalue weighted by Gasteiger charge is -2.17. The number of amides is 3. The predicted octanol–water partition coefficient (Wildman–Crippen LogP) is 4.08. The fourth-order valence-electron chi connectivity index (χ4n) is 3.39. The van der Waals surface area contributed by atoms with E-state index in [0.717, 1.165) is 11.8 Å². The van der Waals surface area contributed by atoms with Crippen molar-refractivity contribution in [2.45, 2.75) is 0 Å². The lowest BCUT2D eigenvalue weighted by molar-refractivity contribution is -0.122. The van der Waals surface area contributed by atoms with Gasteiger partial charge in [0.2, 0.25) is 5.91 Å². The van der Waals surface area contributed by atoms with Crippen molar-refractivity contribution in [3.8, 4) is 0 Å². The topological polar surface area (TPSA) is 69.7 Å². The van der Waals surface area contributed by atoms with Crippen molar-refractivity contribution in [1.29, 1.82) is 0 Å². The molecule has 0 saturated carbocycles. The zero-order valence-corrected chi connectivity index (χ0v) is 18.5. The van der Waals surface area contributed by atoms with E-state index < -0.39 is 11.8 Å². The Bertz CT molecular complexity index is 1180. The number of thioether (sulfide) groups is 1. The molecule has 2 aliphatic heterocycles. The Morgan fingerprint density at radius 3 is 2.55 bits per heavy atom. The summed E-state index contributed by atoms with van der Waals surface area (Å²) in [6.45, 7) is 3.68. The average Bonchev–Trinajstić information content (AvgIpc) is 3.18. The first-order valence-electron chi connectivity index (χ1n) is 9.27. The third-order valence-corrected chi connectivity index (χ3v) is 6.54. The molecule has 0 unspecified atom stereocenters. The summed E-state index contributed by atoms with van der Waals surface area (Å²) < 4.78 is 0.368. The van der Waals surface area contributed by atoms with E-state index in [4.69, 9.17) is 23.8 Å². The third-order valence-electron chi connectivity index (χ3n) is 4.76. The summed E-state index contributed by atoms with van der Waals surface area (Å²) in [5.74, 6) is -1.17. The lowest BCUT2D eigenvalue weighted by Crippen LogP contribution is -2.35. The van der Waals surface area contributed by atoms with Crippen LogP contribution in [-0.2, 0) is 14.4 Å². The second-order valence-corrected chi connectivity index (χ2v) is 8.76. The quantitative estimate of drug-likeness (QED) is 0.406. The summed E-state index contributed by atoms with van der Waals surface area (Å²) in [4.78, 5) is 41.9. The van der Waals surface area contributed by atoms with Crippen molar-refractivity contribution in [2.75, 3.05) is 23.3 Å². The van der Waals surface area contributed by atoms with E-state index in [1.54, 1.807) is 54.6 Å². The largest absolute Gasteiger partial charge is 0.323 e. The molecule has 0 aromatic heterocycles. The summed E-state index contributed by atoms with van der Waals surface area (Å²) in [6, 6.07) is 13.9. The van der Waals surface area contributed by atoms with Crippen molar-refractivity contribution >= 4 is 74.6 Å². The Kier molecular flexibility index (Phi) is 5.95. The van der Waals surface area contributed by atoms with Crippen LogP contribution in [0.1, 0.15) is 5.56 Å². The monoisotopic (exact) mass is 469 g/mol. The maximum Gasteiger partial charge on any atom is 0.267 e. The fraction of sp³-hybridized carbons (Fsp3) is 0.0909. The van der Waals surface area contributed by atoms with Gasteiger partial charge in [0.1, 0.15) is 10.9 Å². The molecule has 0 atom stereocenters. The minimum absolute atomic E-state index is 0.225. The molecule has 0 radical (unpaired) electrons. The number of thiocarbonyl (C=S) groups is 1. The van der Waals surface area contributed by atoms with Gasteiger partial charge in [-0.05, 0) is 18.2 Å². The van der Waals surface area contributed by atoms with Crippen LogP contribution >= 0.6 is 35.6 Å². The molecule has 6 nitrogen and oxygen atoms in total. The van der Waals surface area contributed by atoms with E-state index in [9.17, 15) is 14.4 Å². The van der Waals surface area contributed by atoms with Crippen LogP contribution < -0.4 is 10.2 Å². The van der Waals surface area contributed by atoms with Gasteiger partial charge >= 0.3 is 0 Å². The van der Waals surface area contributed by atoms with Gasteiger partial charge < -0.3 is 5.32 Å². The predicted molar refractivity (Wildman–Crippen MR) is 128 cm³/mol. The van der Waals surface area contributed by atoms with Crippen molar-refractivity contribution < 1.29 is 14.4 Å². The van der Waals surface area contributed by atoms with Crippen molar-refractivity contribution in [3.63, 3.8) is 0 Å². The highest BCUT2D eigenvalue weighted by atomic mass is 35.5. The van der Waals surface area contributed by atoms with Gasteiger partial charge in [-0.1, -0.05) is 72.0 Å². The molecule has 9 heteroatoms. The Hall–Kier alpha value is -2.94. The smallest absolute Gasteiger partial charge is 0.267 e. The Balaban J connectivity index is 1.66. The zero-order chi connectivity index (χ0) is 22.1. The van der Waals surface area contributed by atoms with Gasteiger partial charge in [0.25, 0.3) is 11.8 Å². The first kappa shape index (κ1) is 21.3. The van der Waals surface area contributed by atoms with Gasteiger partial charge in [-0.15, -0.1) is 6.58 Å². The van der Waals surface area contributed by atoms with E-state index in [2.05, 4.69) is 11.9 Å². The number of nitrogens with one attached hydrogen (secondary N) is 1. The highest BCUT2D eigenvalue weighted by Crippen LogP contribution is 2.44. The highest BCUT2D eigenvalue weighted by Gasteiger charge is 2.42. The summed E-state index contributed by atoms with van der Waals surface area (Å²) in [5, 5.41) is 3.12. The fourth-order valence-corrected chi connectivity index (χ4v) is 4.92. The molecule has 2 aromatic carbocycles. The second kappa shape index (κ2) is 8.66. The van der Waals surface area contributed by atoms with Crippen LogP contribution in [0, 0.1) is 0 Å². The van der Waals surface area contributed by atoms with Crippen LogP contribution in [0.5, 0.6) is 0 Å². The maximum atomic E-state index is 13.3. The molecule has 0 bridgehead atoms. The molecular formula is C22H16ClN3O3S2. The number of nitrogens with zero attached hydrogens (tertiary/aromatic N) is 2. The average molecular weight is 470 g/mol. The highest BCUT2D eigenvalue weighted by molar-refractivity contribution is 8.26. The van der Waals surface area contributed by atoms with Crippen molar-refractivity contribution in [3.05, 3.63) is 76.7 Å². The summed E-state index contributed by atoms with van der Waals surface area (Å²) in [5.41, 5.74) is 1.87. The van der Waals surface area contributed by atoms with Gasteiger partial charge in [0.15, 0.2) is 0 Å². The van der Waals surface area contributed by atoms with Crippen LogP contribution in [0.15, 0.2) is 66.1 Å². The first-order valence-corrected chi connectivity index (χ1v) is 10.9. The molecule has 31 heavy (non-hydrogen) atoms. The molecule has 1 fully saturated rings. The maximum absolute atomic E-state index is 13.3. The molecule has 4 rings (SSSR count). The number of anilines is 2. The molecular weight excluding hydrogens is 454 g/mol. The minimum Gasteiger partial charge on any atom is -0.323 e. The Morgan fingerprint density at radius 1 is 1.10 bits per heavy atom. The van der Waals surface area contributed by atoms with Crippen LogP contribution in [0.4, 0.5) is 11.4 Å². The summed E-state index contributed by atoms with van der Waals surface area (Å²) in [7, 11) is 0. The molecule has 3 amide bonds. The summed E-state index contributed by atoms with van der Waals surface area (Å²) >= 11 is 12.5. The van der Waals surface area contributed by atoms with E-state index in [0.29, 0.717) is 26.3 Å². The van der Waals surface area contributed by atoms with Crippen LogP contribution in [0.2, 0.25) is 5.02 Å². The molecule has 2 heterocycles. The molecule has 2 aliphatic rings. The SMILES string of the molecule is C=CCN1C(=O)/C(=C2\C(=O)N(CC(=O)Nc3ccccc3Cl)c3ccccc32)SC1=S. The first-order chi connectivity index (χ1) is 14.9. The van der Waals surface area contributed by atoms with Crippen LogP contribution in [0.25, 0.3) is 5.57 Å². The molecule has 0 spiro atoms. The standard InChI is InChI=1S/C22H16ClN3O3S2/c1-2-11-25-21(29)19(31-22(25)30)18-13-7-3-6-10-16(13)26(20(18)28)12-17(27)24-15-9-5-4-8-14(15)23/h2-10H,1,11-12H2,(H,24,27)/b19-18+.